The quantitative estimate of drug-likeness (QED) is 0.561. The first kappa shape index (κ1) is 23.7. The lowest BCUT2D eigenvalue weighted by Gasteiger charge is -2.27. The van der Waals surface area contributed by atoms with Crippen molar-refractivity contribution in [2.24, 2.45) is 5.41 Å². The molecule has 0 radical (unpaired) electrons. The van der Waals surface area contributed by atoms with Crippen molar-refractivity contribution in [1.29, 1.82) is 0 Å². The highest BCUT2D eigenvalue weighted by Crippen LogP contribution is 2.26. The maximum atomic E-state index is 13.0. The number of carbonyl (C=O) groups is 2. The van der Waals surface area contributed by atoms with Gasteiger partial charge in [-0.2, -0.15) is 5.10 Å². The Labute approximate surface area is 202 Å². The molecule has 1 N–H and O–H groups in total. The van der Waals surface area contributed by atoms with E-state index in [1.807, 2.05) is 35.1 Å². The predicted octanol–water partition coefficient (Wildman–Crippen LogP) is 4.64. The Morgan fingerprint density at radius 2 is 1.82 bits per heavy atom. The molecule has 0 bridgehead atoms. The third-order valence-electron chi connectivity index (χ3n) is 6.20. The molecule has 1 atom stereocenters. The van der Waals surface area contributed by atoms with Crippen molar-refractivity contribution < 1.29 is 9.59 Å². The van der Waals surface area contributed by atoms with Gasteiger partial charge >= 0.3 is 0 Å². The van der Waals surface area contributed by atoms with Crippen LogP contribution in [0.15, 0.2) is 67.0 Å². The lowest BCUT2D eigenvalue weighted by atomic mass is 9.91. The minimum Gasteiger partial charge on any atom is -0.350 e. The Bertz CT molecular complexity index is 1110. The first-order valence-corrected chi connectivity index (χ1v) is 12.0. The van der Waals surface area contributed by atoms with Crippen LogP contribution in [0.1, 0.15) is 51.2 Å². The molecule has 2 heterocycles. The molecule has 3 aromatic rings. The fourth-order valence-corrected chi connectivity index (χ4v) is 4.52. The Hall–Kier alpha value is -3.41. The second-order valence-corrected chi connectivity index (χ2v) is 10.3. The molecular weight excluding hydrogens is 424 g/mol. The van der Waals surface area contributed by atoms with Gasteiger partial charge in [0.05, 0.1) is 6.54 Å². The summed E-state index contributed by atoms with van der Waals surface area (Å²) >= 11 is 0. The van der Waals surface area contributed by atoms with Gasteiger partial charge in [0.2, 0.25) is 11.8 Å². The minimum atomic E-state index is -0.372. The molecule has 1 aliphatic rings. The first-order valence-electron chi connectivity index (χ1n) is 12.0. The largest absolute Gasteiger partial charge is 0.350 e. The Kier molecular flexibility index (Phi) is 7.15. The van der Waals surface area contributed by atoms with E-state index in [-0.39, 0.29) is 23.3 Å². The number of aromatic nitrogens is 2. The number of hydrogen-bond acceptors (Lipinski definition) is 3. The molecule has 2 amide bonds. The fraction of sp³-hybridized carbons (Fsp3) is 0.393. The summed E-state index contributed by atoms with van der Waals surface area (Å²) in [6.45, 7) is 7.98. The molecule has 6 heteroatoms. The van der Waals surface area contributed by atoms with Gasteiger partial charge in [-0.05, 0) is 46.6 Å². The summed E-state index contributed by atoms with van der Waals surface area (Å²) in [4.78, 5) is 27.6. The summed E-state index contributed by atoms with van der Waals surface area (Å²) in [5.74, 6) is 0.00452. The number of rotatable bonds is 7. The van der Waals surface area contributed by atoms with Crippen LogP contribution in [-0.4, -0.2) is 39.1 Å². The van der Waals surface area contributed by atoms with Gasteiger partial charge in [-0.3, -0.25) is 14.3 Å². The molecule has 0 aliphatic carbocycles. The molecular formula is C28H34N4O2. The summed E-state index contributed by atoms with van der Waals surface area (Å²) < 4.78 is 1.90. The van der Waals surface area contributed by atoms with Crippen LogP contribution in [0, 0.1) is 5.41 Å². The van der Waals surface area contributed by atoms with Gasteiger partial charge in [0, 0.05) is 31.9 Å². The van der Waals surface area contributed by atoms with Crippen molar-refractivity contribution in [3.8, 4) is 11.1 Å². The highest BCUT2D eigenvalue weighted by atomic mass is 16.2. The maximum absolute atomic E-state index is 13.0. The van der Waals surface area contributed by atoms with Crippen molar-refractivity contribution in [3.63, 3.8) is 0 Å². The van der Waals surface area contributed by atoms with E-state index in [1.54, 1.807) is 11.1 Å². The molecule has 0 saturated carbocycles. The number of nitrogens with one attached hydrogen (secondary N) is 1. The average Bonchev–Trinajstić information content (AvgIpc) is 3.49. The molecule has 1 unspecified atom stereocenters. The number of likely N-dealkylation sites (tertiary alicyclic amines) is 1. The summed E-state index contributed by atoms with van der Waals surface area (Å²) in [6, 6.07) is 18.1. The van der Waals surface area contributed by atoms with Gasteiger partial charge in [-0.1, -0.05) is 69.3 Å². The molecule has 178 valence electrons. The van der Waals surface area contributed by atoms with Gasteiger partial charge in [0.1, 0.15) is 6.04 Å². The van der Waals surface area contributed by atoms with Crippen LogP contribution in [0.3, 0.4) is 0 Å². The summed E-state index contributed by atoms with van der Waals surface area (Å²) in [5.41, 5.74) is 4.35. The standard InChI is InChI=1S/C28H34N4O2/c1-28(2,3)18-26(33)32-17-6-10-25(32)27(34)29-19-23-8-4-5-9-24(23)22-13-11-21(12-14-22)20-31-16-7-15-30-31/h4-5,7-9,11-16,25H,6,10,17-20H2,1-3H3,(H,29,34). The number of nitrogens with zero attached hydrogens (tertiary/aromatic N) is 3. The highest BCUT2D eigenvalue weighted by molar-refractivity contribution is 5.88. The number of benzene rings is 2. The zero-order valence-electron chi connectivity index (χ0n) is 20.3. The van der Waals surface area contributed by atoms with Gasteiger partial charge in [-0.15, -0.1) is 0 Å². The van der Waals surface area contributed by atoms with Gasteiger partial charge in [0.15, 0.2) is 0 Å². The molecule has 4 rings (SSSR count). The second-order valence-electron chi connectivity index (χ2n) is 10.3. The Morgan fingerprint density at radius 1 is 1.06 bits per heavy atom. The van der Waals surface area contributed by atoms with Gasteiger partial charge in [0.25, 0.3) is 0 Å². The van der Waals surface area contributed by atoms with E-state index in [0.29, 0.717) is 19.5 Å². The van der Waals surface area contributed by atoms with Crippen molar-refractivity contribution in [3.05, 3.63) is 78.1 Å². The average molecular weight is 459 g/mol. The predicted molar refractivity (Wildman–Crippen MR) is 134 cm³/mol. The van der Waals surface area contributed by atoms with E-state index in [1.165, 1.54) is 5.56 Å². The lowest BCUT2D eigenvalue weighted by Crippen LogP contribution is -2.46. The first-order chi connectivity index (χ1) is 16.3. The molecule has 2 aromatic carbocycles. The third kappa shape index (κ3) is 5.93. The molecule has 1 aromatic heterocycles. The molecule has 1 fully saturated rings. The van der Waals surface area contributed by atoms with E-state index in [0.717, 1.165) is 36.1 Å². The molecule has 0 spiro atoms. The zero-order valence-corrected chi connectivity index (χ0v) is 20.3. The summed E-state index contributed by atoms with van der Waals surface area (Å²) in [6.07, 6.45) is 5.78. The van der Waals surface area contributed by atoms with Gasteiger partial charge in [-0.25, -0.2) is 0 Å². The Balaban J connectivity index is 1.41. The van der Waals surface area contributed by atoms with Gasteiger partial charge < -0.3 is 10.2 Å². The monoisotopic (exact) mass is 458 g/mol. The summed E-state index contributed by atoms with van der Waals surface area (Å²) in [5, 5.41) is 7.36. The van der Waals surface area contributed by atoms with Crippen molar-refractivity contribution >= 4 is 11.8 Å². The normalized spacial score (nSPS) is 16.0. The number of carbonyl (C=O) groups excluding carboxylic acids is 2. The van der Waals surface area contributed by atoms with Crippen LogP contribution in [0.4, 0.5) is 0 Å². The van der Waals surface area contributed by atoms with Crippen LogP contribution in [0.5, 0.6) is 0 Å². The highest BCUT2D eigenvalue weighted by Gasteiger charge is 2.35. The van der Waals surface area contributed by atoms with Crippen LogP contribution in [0.25, 0.3) is 11.1 Å². The van der Waals surface area contributed by atoms with Crippen molar-refractivity contribution in [1.82, 2.24) is 20.0 Å². The van der Waals surface area contributed by atoms with Crippen LogP contribution in [0.2, 0.25) is 0 Å². The van der Waals surface area contributed by atoms with Crippen molar-refractivity contribution in [2.75, 3.05) is 6.54 Å². The number of amides is 2. The maximum Gasteiger partial charge on any atom is 0.243 e. The smallest absolute Gasteiger partial charge is 0.243 e. The van der Waals surface area contributed by atoms with E-state index >= 15 is 0 Å². The fourth-order valence-electron chi connectivity index (χ4n) is 4.52. The zero-order chi connectivity index (χ0) is 24.1. The molecule has 6 nitrogen and oxygen atoms in total. The van der Waals surface area contributed by atoms with Crippen LogP contribution in [-0.2, 0) is 22.7 Å². The van der Waals surface area contributed by atoms with Crippen LogP contribution < -0.4 is 5.32 Å². The summed E-state index contributed by atoms with van der Waals surface area (Å²) in [7, 11) is 0. The van der Waals surface area contributed by atoms with E-state index in [4.69, 9.17) is 0 Å². The van der Waals surface area contributed by atoms with E-state index in [9.17, 15) is 9.59 Å². The van der Waals surface area contributed by atoms with E-state index in [2.05, 4.69) is 61.5 Å². The minimum absolute atomic E-state index is 0.0656. The number of hydrogen-bond donors (Lipinski definition) is 1. The molecule has 34 heavy (non-hydrogen) atoms. The third-order valence-corrected chi connectivity index (χ3v) is 6.20. The molecule has 1 aliphatic heterocycles. The SMILES string of the molecule is CC(C)(C)CC(=O)N1CCCC1C(=O)NCc1ccccc1-c1ccc(Cn2cccn2)cc1. The van der Waals surface area contributed by atoms with Crippen molar-refractivity contribution in [2.45, 2.75) is 59.2 Å². The Morgan fingerprint density at radius 3 is 2.53 bits per heavy atom. The lowest BCUT2D eigenvalue weighted by molar-refractivity contribution is -0.139. The molecule has 1 saturated heterocycles. The second kappa shape index (κ2) is 10.2. The van der Waals surface area contributed by atoms with E-state index < -0.39 is 0 Å². The van der Waals surface area contributed by atoms with Crippen LogP contribution >= 0.6 is 0 Å². The topological polar surface area (TPSA) is 67.2 Å².